The van der Waals surface area contributed by atoms with Crippen LogP contribution in [0.2, 0.25) is 0 Å². The fraction of sp³-hybridized carbons (Fsp3) is 0.571. The summed E-state index contributed by atoms with van der Waals surface area (Å²) in [4.78, 5) is 25.0. The first-order valence-electron chi connectivity index (χ1n) is 6.62. The summed E-state index contributed by atoms with van der Waals surface area (Å²) >= 11 is 0. The van der Waals surface area contributed by atoms with Gasteiger partial charge in [0.25, 0.3) is 5.91 Å². The molecular weight excluding hydrogens is 244 g/mol. The van der Waals surface area contributed by atoms with Crippen LogP contribution in [0.5, 0.6) is 0 Å². The number of nitrogens with zero attached hydrogens (tertiary/aromatic N) is 2. The van der Waals surface area contributed by atoms with Crippen molar-refractivity contribution in [3.8, 4) is 0 Å². The second-order valence-electron chi connectivity index (χ2n) is 4.94. The lowest BCUT2D eigenvalue weighted by atomic mass is 9.93. The van der Waals surface area contributed by atoms with Crippen molar-refractivity contribution in [2.45, 2.75) is 31.7 Å². The standard InChI is InChI=1S/C14H20N2O3/c1-15(10-8-13(17)19-2)14(18)12-7-4-9-16(12)11-5-3-6-11/h4,7,9,11H,3,5-6,8,10H2,1-2H3. The maximum atomic E-state index is 12.3. The zero-order chi connectivity index (χ0) is 13.8. The SMILES string of the molecule is COC(=O)CCN(C)C(=O)c1cccn1C1CCC1. The van der Waals surface area contributed by atoms with Crippen LogP contribution >= 0.6 is 0 Å². The molecule has 5 nitrogen and oxygen atoms in total. The Morgan fingerprint density at radius 3 is 2.79 bits per heavy atom. The van der Waals surface area contributed by atoms with Crippen molar-refractivity contribution >= 4 is 11.9 Å². The normalized spacial score (nSPS) is 14.8. The van der Waals surface area contributed by atoms with Gasteiger partial charge < -0.3 is 14.2 Å². The average Bonchev–Trinajstić information content (AvgIpc) is 2.81. The van der Waals surface area contributed by atoms with E-state index in [0.717, 1.165) is 12.8 Å². The molecule has 1 saturated carbocycles. The predicted molar refractivity (Wildman–Crippen MR) is 70.9 cm³/mol. The Morgan fingerprint density at radius 2 is 2.21 bits per heavy atom. The molecule has 0 aliphatic heterocycles. The molecule has 0 bridgehead atoms. The van der Waals surface area contributed by atoms with E-state index in [1.807, 2.05) is 18.3 Å². The summed E-state index contributed by atoms with van der Waals surface area (Å²) < 4.78 is 6.63. The van der Waals surface area contributed by atoms with E-state index in [2.05, 4.69) is 9.30 Å². The van der Waals surface area contributed by atoms with Crippen molar-refractivity contribution in [3.05, 3.63) is 24.0 Å². The van der Waals surface area contributed by atoms with Gasteiger partial charge in [-0.05, 0) is 31.4 Å². The monoisotopic (exact) mass is 264 g/mol. The van der Waals surface area contributed by atoms with Gasteiger partial charge in [-0.2, -0.15) is 0 Å². The summed E-state index contributed by atoms with van der Waals surface area (Å²) in [6, 6.07) is 4.21. The number of esters is 1. The van der Waals surface area contributed by atoms with E-state index in [9.17, 15) is 9.59 Å². The molecule has 0 N–H and O–H groups in total. The Hall–Kier alpha value is -1.78. The van der Waals surface area contributed by atoms with E-state index >= 15 is 0 Å². The van der Waals surface area contributed by atoms with Crippen molar-refractivity contribution in [2.75, 3.05) is 20.7 Å². The summed E-state index contributed by atoms with van der Waals surface area (Å²) in [5.41, 5.74) is 0.706. The van der Waals surface area contributed by atoms with Gasteiger partial charge in [0, 0.05) is 25.8 Å². The molecule has 1 fully saturated rings. The van der Waals surface area contributed by atoms with Gasteiger partial charge in [0.1, 0.15) is 5.69 Å². The molecule has 2 rings (SSSR count). The second kappa shape index (κ2) is 5.91. The molecule has 1 aromatic rings. The Bertz CT molecular complexity index is 463. The van der Waals surface area contributed by atoms with Gasteiger partial charge in [-0.1, -0.05) is 0 Å². The molecule has 1 aliphatic rings. The molecule has 0 unspecified atom stereocenters. The molecule has 1 aliphatic carbocycles. The minimum absolute atomic E-state index is 0.0409. The smallest absolute Gasteiger partial charge is 0.307 e. The first-order chi connectivity index (χ1) is 9.13. The molecular formula is C14H20N2O3. The van der Waals surface area contributed by atoms with Gasteiger partial charge >= 0.3 is 5.97 Å². The number of methoxy groups -OCH3 is 1. The van der Waals surface area contributed by atoms with Crippen molar-refractivity contribution in [3.63, 3.8) is 0 Å². The Balaban J connectivity index is 1.98. The van der Waals surface area contributed by atoms with E-state index in [1.54, 1.807) is 11.9 Å². The van der Waals surface area contributed by atoms with Crippen molar-refractivity contribution in [2.24, 2.45) is 0 Å². The number of hydrogen-bond acceptors (Lipinski definition) is 3. The third kappa shape index (κ3) is 2.97. The number of carbonyl (C=O) groups is 2. The molecule has 0 spiro atoms. The fourth-order valence-electron chi connectivity index (χ4n) is 2.22. The molecule has 0 atom stereocenters. The molecule has 5 heteroatoms. The van der Waals surface area contributed by atoms with Crippen LogP contribution in [0.1, 0.15) is 42.2 Å². The van der Waals surface area contributed by atoms with Gasteiger partial charge in [0.15, 0.2) is 0 Å². The van der Waals surface area contributed by atoms with Crippen molar-refractivity contribution in [1.82, 2.24) is 9.47 Å². The minimum Gasteiger partial charge on any atom is -0.469 e. The number of hydrogen-bond donors (Lipinski definition) is 0. The van der Waals surface area contributed by atoms with Crippen LogP contribution in [-0.2, 0) is 9.53 Å². The van der Waals surface area contributed by atoms with Crippen LogP contribution in [0.25, 0.3) is 0 Å². The summed E-state index contributed by atoms with van der Waals surface area (Å²) in [5, 5.41) is 0. The highest BCUT2D eigenvalue weighted by atomic mass is 16.5. The van der Waals surface area contributed by atoms with Crippen LogP contribution in [0.3, 0.4) is 0 Å². The highest BCUT2D eigenvalue weighted by molar-refractivity contribution is 5.92. The molecule has 1 aromatic heterocycles. The fourth-order valence-corrected chi connectivity index (χ4v) is 2.22. The van der Waals surface area contributed by atoms with Crippen LogP contribution in [-0.4, -0.2) is 42.0 Å². The second-order valence-corrected chi connectivity index (χ2v) is 4.94. The first kappa shape index (κ1) is 13.6. The lowest BCUT2D eigenvalue weighted by Gasteiger charge is -2.29. The van der Waals surface area contributed by atoms with Crippen LogP contribution in [0, 0.1) is 0 Å². The highest BCUT2D eigenvalue weighted by Gasteiger charge is 2.24. The van der Waals surface area contributed by atoms with Crippen molar-refractivity contribution in [1.29, 1.82) is 0 Å². The lowest BCUT2D eigenvalue weighted by Crippen LogP contribution is -2.32. The average molecular weight is 264 g/mol. The molecule has 104 valence electrons. The predicted octanol–water partition coefficient (Wildman–Crippen LogP) is 1.85. The van der Waals surface area contributed by atoms with Crippen LogP contribution in [0.15, 0.2) is 18.3 Å². The number of carbonyl (C=O) groups excluding carboxylic acids is 2. The number of amides is 1. The Labute approximate surface area is 113 Å². The molecule has 19 heavy (non-hydrogen) atoms. The van der Waals surface area contributed by atoms with E-state index in [1.165, 1.54) is 13.5 Å². The van der Waals surface area contributed by atoms with Crippen LogP contribution in [0.4, 0.5) is 0 Å². The third-order valence-electron chi connectivity index (χ3n) is 3.69. The Morgan fingerprint density at radius 1 is 1.47 bits per heavy atom. The summed E-state index contributed by atoms with van der Waals surface area (Å²) in [5.74, 6) is -0.338. The topological polar surface area (TPSA) is 51.5 Å². The summed E-state index contributed by atoms with van der Waals surface area (Å²) in [7, 11) is 3.06. The van der Waals surface area contributed by atoms with E-state index in [0.29, 0.717) is 18.3 Å². The molecule has 0 radical (unpaired) electrons. The van der Waals surface area contributed by atoms with Crippen LogP contribution < -0.4 is 0 Å². The Kier molecular flexibility index (Phi) is 4.24. The number of aromatic nitrogens is 1. The summed E-state index contributed by atoms with van der Waals surface area (Å²) in [6.07, 6.45) is 5.70. The zero-order valence-corrected chi connectivity index (χ0v) is 11.5. The summed E-state index contributed by atoms with van der Waals surface area (Å²) in [6.45, 7) is 0.376. The largest absolute Gasteiger partial charge is 0.469 e. The highest BCUT2D eigenvalue weighted by Crippen LogP contribution is 2.32. The van der Waals surface area contributed by atoms with Gasteiger partial charge in [-0.25, -0.2) is 0 Å². The molecule has 1 heterocycles. The quantitative estimate of drug-likeness (QED) is 0.763. The maximum Gasteiger partial charge on any atom is 0.307 e. The van der Waals surface area contributed by atoms with Gasteiger partial charge in [0.2, 0.25) is 0 Å². The lowest BCUT2D eigenvalue weighted by molar-refractivity contribution is -0.140. The van der Waals surface area contributed by atoms with E-state index in [-0.39, 0.29) is 18.3 Å². The molecule has 0 aromatic carbocycles. The third-order valence-corrected chi connectivity index (χ3v) is 3.69. The number of rotatable bonds is 5. The van der Waals surface area contributed by atoms with E-state index < -0.39 is 0 Å². The number of ether oxygens (including phenoxy) is 1. The van der Waals surface area contributed by atoms with Crippen molar-refractivity contribution < 1.29 is 14.3 Å². The molecule has 0 saturated heterocycles. The van der Waals surface area contributed by atoms with Gasteiger partial charge in [-0.15, -0.1) is 0 Å². The maximum absolute atomic E-state index is 12.3. The molecule has 1 amide bonds. The minimum atomic E-state index is -0.297. The van der Waals surface area contributed by atoms with Gasteiger partial charge in [0.05, 0.1) is 13.5 Å². The first-order valence-corrected chi connectivity index (χ1v) is 6.62. The van der Waals surface area contributed by atoms with Gasteiger partial charge in [-0.3, -0.25) is 9.59 Å². The van der Waals surface area contributed by atoms with E-state index in [4.69, 9.17) is 0 Å². The zero-order valence-electron chi connectivity index (χ0n) is 11.5.